The summed E-state index contributed by atoms with van der Waals surface area (Å²) in [5, 5.41) is 2.79. The van der Waals surface area contributed by atoms with Gasteiger partial charge in [-0.1, -0.05) is 36.4 Å². The molecule has 0 spiro atoms. The zero-order valence-corrected chi connectivity index (χ0v) is 17.7. The molecule has 1 N–H and O–H groups in total. The number of nitrogens with zero attached hydrogens (tertiary/aromatic N) is 1. The van der Waals surface area contributed by atoms with Crippen LogP contribution in [0.15, 0.2) is 83.8 Å². The number of fused-ring (bicyclic) bond motifs is 1. The van der Waals surface area contributed by atoms with Gasteiger partial charge in [0.05, 0.1) is 23.7 Å². The van der Waals surface area contributed by atoms with Crippen LogP contribution in [-0.4, -0.2) is 33.6 Å². The average molecular weight is 439 g/mol. The van der Waals surface area contributed by atoms with Crippen molar-refractivity contribution in [3.8, 4) is 11.5 Å². The molecule has 0 saturated carbocycles. The molecule has 0 unspecified atom stereocenters. The van der Waals surface area contributed by atoms with E-state index in [0.717, 1.165) is 0 Å². The summed E-state index contributed by atoms with van der Waals surface area (Å²) < 4.78 is 39.2. The molecule has 0 aliphatic carbocycles. The van der Waals surface area contributed by atoms with E-state index >= 15 is 0 Å². The topological polar surface area (TPSA) is 84.9 Å². The van der Waals surface area contributed by atoms with E-state index in [1.165, 1.54) is 16.4 Å². The van der Waals surface area contributed by atoms with Gasteiger partial charge in [-0.3, -0.25) is 9.10 Å². The van der Waals surface area contributed by atoms with E-state index in [4.69, 9.17) is 9.47 Å². The van der Waals surface area contributed by atoms with Crippen molar-refractivity contribution in [3.63, 3.8) is 0 Å². The molecule has 0 saturated heterocycles. The highest BCUT2D eigenvalue weighted by molar-refractivity contribution is 7.92. The molecule has 8 heteroatoms. The molecule has 31 heavy (non-hydrogen) atoms. The molecular weight excluding hydrogens is 416 g/mol. The van der Waals surface area contributed by atoms with Crippen molar-refractivity contribution in [2.75, 3.05) is 22.8 Å². The zero-order valence-electron chi connectivity index (χ0n) is 16.9. The Morgan fingerprint density at radius 2 is 1.81 bits per heavy atom. The summed E-state index contributed by atoms with van der Waals surface area (Å²) in [7, 11) is -3.88. The Balaban J connectivity index is 1.62. The van der Waals surface area contributed by atoms with Gasteiger partial charge in [0.15, 0.2) is 6.10 Å². The monoisotopic (exact) mass is 438 g/mol. The van der Waals surface area contributed by atoms with Crippen LogP contribution >= 0.6 is 0 Å². The third kappa shape index (κ3) is 4.34. The van der Waals surface area contributed by atoms with Crippen molar-refractivity contribution in [1.82, 2.24) is 0 Å². The summed E-state index contributed by atoms with van der Waals surface area (Å²) in [6, 6.07) is 21.9. The molecular formula is C23H22N2O5S. The van der Waals surface area contributed by atoms with E-state index in [1.54, 1.807) is 66.7 Å². The first-order chi connectivity index (χ1) is 15.0. The number of anilines is 2. The number of para-hydroxylation sites is 2. The van der Waals surface area contributed by atoms with E-state index in [9.17, 15) is 13.2 Å². The number of benzene rings is 3. The molecule has 1 amide bonds. The molecule has 7 nitrogen and oxygen atoms in total. The first kappa shape index (κ1) is 20.7. The molecule has 1 heterocycles. The Hall–Kier alpha value is -3.52. The minimum absolute atomic E-state index is 0.148. The van der Waals surface area contributed by atoms with E-state index in [0.29, 0.717) is 29.5 Å². The maximum absolute atomic E-state index is 13.3. The average Bonchev–Trinajstić information content (AvgIpc) is 2.79. The van der Waals surface area contributed by atoms with Gasteiger partial charge in [0.1, 0.15) is 11.5 Å². The number of nitrogens with one attached hydrogen (secondary N) is 1. The van der Waals surface area contributed by atoms with E-state index in [1.807, 2.05) is 6.92 Å². The van der Waals surface area contributed by atoms with Gasteiger partial charge in [-0.15, -0.1) is 0 Å². The van der Waals surface area contributed by atoms with Gasteiger partial charge in [0.2, 0.25) is 0 Å². The van der Waals surface area contributed by atoms with Gasteiger partial charge in [0, 0.05) is 11.8 Å². The molecule has 3 aromatic rings. The largest absolute Gasteiger partial charge is 0.494 e. The van der Waals surface area contributed by atoms with Gasteiger partial charge in [-0.05, 0) is 43.3 Å². The lowest BCUT2D eigenvalue weighted by Gasteiger charge is -2.34. The lowest BCUT2D eigenvalue weighted by Crippen LogP contribution is -2.48. The first-order valence-electron chi connectivity index (χ1n) is 9.86. The predicted octanol–water partition coefficient (Wildman–Crippen LogP) is 3.68. The first-order valence-corrected chi connectivity index (χ1v) is 11.3. The van der Waals surface area contributed by atoms with Crippen molar-refractivity contribution in [2.24, 2.45) is 0 Å². The number of carbonyl (C=O) groups is 1. The fourth-order valence-corrected chi connectivity index (χ4v) is 4.84. The van der Waals surface area contributed by atoms with Crippen LogP contribution in [0.5, 0.6) is 11.5 Å². The van der Waals surface area contributed by atoms with Crippen LogP contribution < -0.4 is 19.1 Å². The summed E-state index contributed by atoms with van der Waals surface area (Å²) >= 11 is 0. The molecule has 0 bridgehead atoms. The lowest BCUT2D eigenvalue weighted by molar-refractivity contribution is -0.122. The Labute approximate surface area is 181 Å². The normalized spacial score (nSPS) is 15.5. The zero-order chi connectivity index (χ0) is 21.8. The fourth-order valence-electron chi connectivity index (χ4n) is 3.34. The molecule has 0 radical (unpaired) electrons. The Morgan fingerprint density at radius 3 is 2.58 bits per heavy atom. The lowest BCUT2D eigenvalue weighted by atomic mass is 10.2. The molecule has 3 aromatic carbocycles. The Bertz CT molecular complexity index is 1180. The summed E-state index contributed by atoms with van der Waals surface area (Å²) in [6.07, 6.45) is -1.02. The minimum atomic E-state index is -3.88. The van der Waals surface area contributed by atoms with E-state index in [2.05, 4.69) is 5.32 Å². The molecule has 160 valence electrons. The van der Waals surface area contributed by atoms with Gasteiger partial charge >= 0.3 is 0 Å². The molecule has 1 aliphatic rings. The highest BCUT2D eigenvalue weighted by Gasteiger charge is 2.37. The van der Waals surface area contributed by atoms with Crippen LogP contribution in [0, 0.1) is 0 Å². The third-order valence-corrected chi connectivity index (χ3v) is 6.56. The Morgan fingerprint density at radius 1 is 1.06 bits per heavy atom. The Kier molecular flexibility index (Phi) is 5.81. The van der Waals surface area contributed by atoms with Gasteiger partial charge in [0.25, 0.3) is 15.9 Å². The number of carbonyl (C=O) groups excluding carboxylic acids is 1. The predicted molar refractivity (Wildman–Crippen MR) is 118 cm³/mol. The highest BCUT2D eigenvalue weighted by atomic mass is 32.2. The molecule has 0 fully saturated rings. The van der Waals surface area contributed by atoms with Gasteiger partial charge in [-0.25, -0.2) is 8.42 Å². The number of rotatable bonds is 6. The smallest absolute Gasteiger partial charge is 0.267 e. The van der Waals surface area contributed by atoms with Crippen molar-refractivity contribution in [3.05, 3.63) is 78.9 Å². The number of ether oxygens (including phenoxy) is 2. The second-order valence-corrected chi connectivity index (χ2v) is 8.74. The number of amides is 1. The second-order valence-electron chi connectivity index (χ2n) is 6.87. The van der Waals surface area contributed by atoms with Crippen LogP contribution in [0.1, 0.15) is 6.92 Å². The SMILES string of the molecule is CCOc1cccc(NC(=O)[C@H]2CN(S(=O)(=O)c3ccccc3)c3ccccc3O2)c1. The van der Waals surface area contributed by atoms with Crippen LogP contribution in [-0.2, 0) is 14.8 Å². The highest BCUT2D eigenvalue weighted by Crippen LogP contribution is 2.37. The number of hydrogen-bond donors (Lipinski definition) is 1. The van der Waals surface area contributed by atoms with Gasteiger partial charge < -0.3 is 14.8 Å². The third-order valence-electron chi connectivity index (χ3n) is 4.77. The summed E-state index contributed by atoms with van der Waals surface area (Å²) in [5.74, 6) is 0.511. The van der Waals surface area contributed by atoms with E-state index in [-0.39, 0.29) is 11.4 Å². The standard InChI is InChI=1S/C23H22N2O5S/c1-2-29-18-10-8-9-17(15-18)24-23(26)22-16-25(20-13-6-7-14-21(20)30-22)31(27,28)19-11-4-3-5-12-19/h3-15,22H,2,16H2,1H3,(H,24,26)/t22-/m1/s1. The fraction of sp³-hybridized carbons (Fsp3) is 0.174. The van der Waals surface area contributed by atoms with Crippen LogP contribution in [0.25, 0.3) is 0 Å². The van der Waals surface area contributed by atoms with Crippen molar-refractivity contribution < 1.29 is 22.7 Å². The van der Waals surface area contributed by atoms with Crippen LogP contribution in [0.4, 0.5) is 11.4 Å². The number of hydrogen-bond acceptors (Lipinski definition) is 5. The van der Waals surface area contributed by atoms with Crippen molar-refractivity contribution >= 4 is 27.3 Å². The van der Waals surface area contributed by atoms with Crippen LogP contribution in [0.3, 0.4) is 0 Å². The maximum Gasteiger partial charge on any atom is 0.267 e. The second kappa shape index (κ2) is 8.69. The molecule has 1 aliphatic heterocycles. The minimum Gasteiger partial charge on any atom is -0.494 e. The van der Waals surface area contributed by atoms with Crippen molar-refractivity contribution in [1.29, 1.82) is 0 Å². The molecule has 4 rings (SSSR count). The summed E-state index contributed by atoms with van der Waals surface area (Å²) in [4.78, 5) is 13.1. The van der Waals surface area contributed by atoms with Crippen LogP contribution in [0.2, 0.25) is 0 Å². The van der Waals surface area contributed by atoms with Gasteiger partial charge in [-0.2, -0.15) is 0 Å². The maximum atomic E-state index is 13.3. The molecule has 0 aromatic heterocycles. The summed E-state index contributed by atoms with van der Waals surface area (Å²) in [6.45, 7) is 2.23. The molecule has 1 atom stereocenters. The van der Waals surface area contributed by atoms with Crippen molar-refractivity contribution in [2.45, 2.75) is 17.9 Å². The quantitative estimate of drug-likeness (QED) is 0.635. The summed E-state index contributed by atoms with van der Waals surface area (Å²) in [5.41, 5.74) is 0.935. The number of sulfonamides is 1. The van der Waals surface area contributed by atoms with E-state index < -0.39 is 22.0 Å².